The lowest BCUT2D eigenvalue weighted by Gasteiger charge is -2.16. The smallest absolute Gasteiger partial charge is 0.165 e. The Kier molecular flexibility index (Phi) is 5.44. The number of nitriles is 1. The Morgan fingerprint density at radius 1 is 1.53 bits per heavy atom. The minimum Gasteiger partial charge on any atom is -0.491 e. The molecule has 17 heavy (non-hydrogen) atoms. The summed E-state index contributed by atoms with van der Waals surface area (Å²) in [6.45, 7) is 2.26. The number of nitrogens with zero attached hydrogens (tertiary/aromatic N) is 1. The summed E-state index contributed by atoms with van der Waals surface area (Å²) >= 11 is 0. The number of hydrogen-bond acceptors (Lipinski definition) is 3. The van der Waals surface area contributed by atoms with Gasteiger partial charge in [-0.1, -0.05) is 6.07 Å². The number of rotatable bonds is 6. The minimum atomic E-state index is -0.360. The van der Waals surface area contributed by atoms with E-state index in [-0.39, 0.29) is 17.6 Å². The second-order valence-corrected chi connectivity index (χ2v) is 3.66. The van der Waals surface area contributed by atoms with Crippen molar-refractivity contribution >= 4 is 0 Å². The summed E-state index contributed by atoms with van der Waals surface area (Å²) in [6.07, 6.45) is 1.11. The highest BCUT2D eigenvalue weighted by atomic mass is 19.1. The van der Waals surface area contributed by atoms with Crippen LogP contribution >= 0.6 is 0 Å². The molecule has 1 aromatic carbocycles. The van der Waals surface area contributed by atoms with Crippen LogP contribution < -0.4 is 10.1 Å². The van der Waals surface area contributed by atoms with Gasteiger partial charge in [0.1, 0.15) is 0 Å². The number of benzene rings is 1. The van der Waals surface area contributed by atoms with Gasteiger partial charge in [-0.3, -0.25) is 0 Å². The summed E-state index contributed by atoms with van der Waals surface area (Å²) in [4.78, 5) is 0. The van der Waals surface area contributed by atoms with E-state index < -0.39 is 0 Å². The average molecular weight is 236 g/mol. The van der Waals surface area contributed by atoms with Gasteiger partial charge in [0.15, 0.2) is 11.6 Å². The van der Waals surface area contributed by atoms with Crippen LogP contribution in [-0.2, 0) is 0 Å². The molecule has 0 aliphatic carbocycles. The molecule has 0 aliphatic heterocycles. The summed E-state index contributed by atoms with van der Waals surface area (Å²) in [5.41, 5.74) is 0.837. The standard InChI is InChI=1S/C13H17FN2O/c1-3-17-13-7-6-10(9-11(13)14)12(16-2)5-4-8-15/h6-7,9,12,16H,3-5H2,1-2H3. The predicted octanol–water partition coefficient (Wildman–Crippen LogP) is 2.79. The van der Waals surface area contributed by atoms with Crippen LogP contribution in [0.5, 0.6) is 5.75 Å². The third-order valence-electron chi connectivity index (χ3n) is 2.55. The molecule has 1 N–H and O–H groups in total. The number of ether oxygens (including phenoxy) is 1. The first kappa shape index (κ1) is 13.5. The second kappa shape index (κ2) is 6.87. The third kappa shape index (κ3) is 3.72. The highest BCUT2D eigenvalue weighted by Gasteiger charge is 2.12. The maximum atomic E-state index is 13.6. The van der Waals surface area contributed by atoms with E-state index in [9.17, 15) is 4.39 Å². The Bertz CT molecular complexity index is 401. The molecule has 0 saturated carbocycles. The van der Waals surface area contributed by atoms with E-state index in [0.717, 1.165) is 5.56 Å². The van der Waals surface area contributed by atoms with Crippen LogP contribution in [0.25, 0.3) is 0 Å². The molecule has 0 heterocycles. The zero-order valence-electron chi connectivity index (χ0n) is 10.2. The van der Waals surface area contributed by atoms with Gasteiger partial charge in [0.2, 0.25) is 0 Å². The van der Waals surface area contributed by atoms with Crippen LogP contribution in [0.4, 0.5) is 4.39 Å². The molecule has 4 heteroatoms. The van der Waals surface area contributed by atoms with Crippen molar-refractivity contribution < 1.29 is 9.13 Å². The van der Waals surface area contributed by atoms with Crippen molar-refractivity contribution in [1.82, 2.24) is 5.32 Å². The van der Waals surface area contributed by atoms with E-state index in [2.05, 4.69) is 11.4 Å². The first-order valence-electron chi connectivity index (χ1n) is 5.69. The molecule has 0 fully saturated rings. The zero-order chi connectivity index (χ0) is 12.7. The van der Waals surface area contributed by atoms with Crippen LogP contribution in [0.15, 0.2) is 18.2 Å². The molecule has 1 aromatic rings. The van der Waals surface area contributed by atoms with Gasteiger partial charge in [-0.15, -0.1) is 0 Å². The largest absolute Gasteiger partial charge is 0.491 e. The Hall–Kier alpha value is -1.60. The maximum absolute atomic E-state index is 13.6. The molecular weight excluding hydrogens is 219 g/mol. The lowest BCUT2D eigenvalue weighted by molar-refractivity contribution is 0.321. The van der Waals surface area contributed by atoms with Gasteiger partial charge in [-0.2, -0.15) is 5.26 Å². The molecular formula is C13H17FN2O. The fraction of sp³-hybridized carbons (Fsp3) is 0.462. The van der Waals surface area contributed by atoms with Crippen LogP contribution in [0, 0.1) is 17.1 Å². The molecule has 0 radical (unpaired) electrons. The highest BCUT2D eigenvalue weighted by molar-refractivity contribution is 5.31. The van der Waals surface area contributed by atoms with Crippen molar-refractivity contribution in [3.8, 4) is 11.8 Å². The molecule has 0 aliphatic rings. The fourth-order valence-corrected chi connectivity index (χ4v) is 1.69. The summed E-state index contributed by atoms with van der Waals surface area (Å²) in [5.74, 6) is -0.0899. The van der Waals surface area contributed by atoms with Gasteiger partial charge in [0.05, 0.1) is 12.7 Å². The Labute approximate surface area is 101 Å². The van der Waals surface area contributed by atoms with Crippen molar-refractivity contribution in [1.29, 1.82) is 5.26 Å². The van der Waals surface area contributed by atoms with Gasteiger partial charge in [0, 0.05) is 12.5 Å². The highest BCUT2D eigenvalue weighted by Crippen LogP contribution is 2.24. The van der Waals surface area contributed by atoms with Gasteiger partial charge in [0.25, 0.3) is 0 Å². The van der Waals surface area contributed by atoms with Crippen LogP contribution in [-0.4, -0.2) is 13.7 Å². The van der Waals surface area contributed by atoms with E-state index in [4.69, 9.17) is 10.00 Å². The van der Waals surface area contributed by atoms with Gasteiger partial charge < -0.3 is 10.1 Å². The Morgan fingerprint density at radius 2 is 2.29 bits per heavy atom. The topological polar surface area (TPSA) is 45.0 Å². The molecule has 0 spiro atoms. The van der Waals surface area contributed by atoms with E-state index in [1.165, 1.54) is 6.07 Å². The molecule has 1 unspecified atom stereocenters. The molecule has 0 amide bonds. The fourth-order valence-electron chi connectivity index (χ4n) is 1.69. The van der Waals surface area contributed by atoms with Gasteiger partial charge in [-0.25, -0.2) is 4.39 Å². The molecule has 3 nitrogen and oxygen atoms in total. The molecule has 1 rings (SSSR count). The molecule has 1 atom stereocenters. The summed E-state index contributed by atoms with van der Waals surface area (Å²) in [5, 5.41) is 11.6. The van der Waals surface area contributed by atoms with Crippen LogP contribution in [0.1, 0.15) is 31.4 Å². The number of hydrogen-bond donors (Lipinski definition) is 1. The summed E-state index contributed by atoms with van der Waals surface area (Å²) in [6, 6.07) is 7.01. The normalized spacial score (nSPS) is 11.9. The van der Waals surface area contributed by atoms with Crippen molar-refractivity contribution in [2.45, 2.75) is 25.8 Å². The average Bonchev–Trinajstić information content (AvgIpc) is 2.33. The van der Waals surface area contributed by atoms with Gasteiger partial charge in [-0.05, 0) is 38.1 Å². The quantitative estimate of drug-likeness (QED) is 0.826. The zero-order valence-corrected chi connectivity index (χ0v) is 10.2. The van der Waals surface area contributed by atoms with Crippen molar-refractivity contribution in [2.24, 2.45) is 0 Å². The van der Waals surface area contributed by atoms with E-state index in [1.807, 2.05) is 13.0 Å². The summed E-state index contributed by atoms with van der Waals surface area (Å²) < 4.78 is 18.8. The SMILES string of the molecule is CCOc1ccc(C(CCC#N)NC)cc1F. The third-order valence-corrected chi connectivity index (χ3v) is 2.55. The second-order valence-electron chi connectivity index (χ2n) is 3.66. The first-order valence-corrected chi connectivity index (χ1v) is 5.69. The monoisotopic (exact) mass is 236 g/mol. The van der Waals surface area contributed by atoms with E-state index in [0.29, 0.717) is 19.4 Å². The lowest BCUT2D eigenvalue weighted by Crippen LogP contribution is -2.16. The van der Waals surface area contributed by atoms with E-state index in [1.54, 1.807) is 13.1 Å². The van der Waals surface area contributed by atoms with E-state index >= 15 is 0 Å². The maximum Gasteiger partial charge on any atom is 0.165 e. The molecule has 0 bridgehead atoms. The van der Waals surface area contributed by atoms with Gasteiger partial charge >= 0.3 is 0 Å². The lowest BCUT2D eigenvalue weighted by atomic mass is 10.0. The number of halogens is 1. The van der Waals surface area contributed by atoms with Crippen LogP contribution in [0.2, 0.25) is 0 Å². The number of nitrogens with one attached hydrogen (secondary N) is 1. The predicted molar refractivity (Wildman–Crippen MR) is 64.2 cm³/mol. The molecule has 92 valence electrons. The van der Waals surface area contributed by atoms with Crippen molar-refractivity contribution in [3.05, 3.63) is 29.6 Å². The Morgan fingerprint density at radius 3 is 2.82 bits per heavy atom. The van der Waals surface area contributed by atoms with Crippen LogP contribution in [0.3, 0.4) is 0 Å². The Balaban J connectivity index is 2.83. The molecule has 0 saturated heterocycles. The molecule has 0 aromatic heterocycles. The van der Waals surface area contributed by atoms with Crippen molar-refractivity contribution in [3.63, 3.8) is 0 Å². The van der Waals surface area contributed by atoms with Crippen molar-refractivity contribution in [2.75, 3.05) is 13.7 Å². The first-order chi connectivity index (χ1) is 8.22. The minimum absolute atomic E-state index is 0.000161. The summed E-state index contributed by atoms with van der Waals surface area (Å²) in [7, 11) is 1.80.